The second-order valence-corrected chi connectivity index (χ2v) is 2.83. The molecule has 1 atom stereocenters. The van der Waals surface area contributed by atoms with Crippen molar-refractivity contribution in [2.45, 2.75) is 32.7 Å². The van der Waals surface area contributed by atoms with Gasteiger partial charge < -0.3 is 10.3 Å². The van der Waals surface area contributed by atoms with Gasteiger partial charge in [-0.1, -0.05) is 13.3 Å². The van der Waals surface area contributed by atoms with Crippen LogP contribution in [0.4, 0.5) is 5.95 Å². The maximum absolute atomic E-state index is 5.62. The molecule has 0 saturated heterocycles. The number of rotatable bonds is 3. The van der Waals surface area contributed by atoms with Crippen LogP contribution in [0.2, 0.25) is 0 Å². The van der Waals surface area contributed by atoms with Crippen molar-refractivity contribution in [3.05, 3.63) is 12.4 Å². The third-order valence-electron chi connectivity index (χ3n) is 1.88. The van der Waals surface area contributed by atoms with Crippen molar-refractivity contribution >= 4 is 5.95 Å². The van der Waals surface area contributed by atoms with E-state index < -0.39 is 0 Å². The first-order valence-electron chi connectivity index (χ1n) is 4.04. The fourth-order valence-corrected chi connectivity index (χ4v) is 1.25. The number of nitrogens with zero attached hydrogens (tertiary/aromatic N) is 2. The van der Waals surface area contributed by atoms with Crippen LogP contribution in [0.3, 0.4) is 0 Å². The topological polar surface area (TPSA) is 43.8 Å². The van der Waals surface area contributed by atoms with Gasteiger partial charge in [0.05, 0.1) is 0 Å². The highest BCUT2D eigenvalue weighted by molar-refractivity contribution is 5.17. The van der Waals surface area contributed by atoms with E-state index >= 15 is 0 Å². The van der Waals surface area contributed by atoms with Crippen molar-refractivity contribution in [3.8, 4) is 0 Å². The quantitative estimate of drug-likeness (QED) is 0.719. The van der Waals surface area contributed by atoms with Crippen LogP contribution in [0.5, 0.6) is 0 Å². The smallest absolute Gasteiger partial charge is 0.200 e. The van der Waals surface area contributed by atoms with Crippen LogP contribution in [0, 0.1) is 0 Å². The van der Waals surface area contributed by atoms with E-state index in [9.17, 15) is 0 Å². The minimum Gasteiger partial charge on any atom is -0.369 e. The molecule has 0 saturated carbocycles. The molecule has 0 fully saturated rings. The molecule has 3 nitrogen and oxygen atoms in total. The van der Waals surface area contributed by atoms with Gasteiger partial charge in [-0.3, -0.25) is 0 Å². The van der Waals surface area contributed by atoms with E-state index in [0.717, 1.165) is 6.42 Å². The fourth-order valence-electron chi connectivity index (χ4n) is 1.25. The van der Waals surface area contributed by atoms with Crippen LogP contribution in [0.1, 0.15) is 32.7 Å². The molecule has 0 aromatic carbocycles. The minimum absolute atomic E-state index is 0.475. The molecular formula is C8H15N3. The molecular weight excluding hydrogens is 138 g/mol. The molecule has 62 valence electrons. The summed E-state index contributed by atoms with van der Waals surface area (Å²) in [5.74, 6) is 0.617. The molecule has 0 aliphatic rings. The van der Waals surface area contributed by atoms with Gasteiger partial charge in [0, 0.05) is 18.4 Å². The maximum Gasteiger partial charge on any atom is 0.200 e. The molecule has 0 spiro atoms. The number of imidazole rings is 1. The lowest BCUT2D eigenvalue weighted by Gasteiger charge is -2.12. The van der Waals surface area contributed by atoms with Crippen LogP contribution in [0.25, 0.3) is 0 Å². The third kappa shape index (κ3) is 1.73. The Kier molecular flexibility index (Phi) is 2.52. The summed E-state index contributed by atoms with van der Waals surface area (Å²) in [4.78, 5) is 3.96. The first-order chi connectivity index (χ1) is 5.25. The summed E-state index contributed by atoms with van der Waals surface area (Å²) in [6.45, 7) is 4.32. The number of anilines is 1. The van der Waals surface area contributed by atoms with E-state index in [1.54, 1.807) is 6.20 Å². The van der Waals surface area contributed by atoms with Crippen LogP contribution in [-0.2, 0) is 0 Å². The van der Waals surface area contributed by atoms with Crippen molar-refractivity contribution in [1.29, 1.82) is 0 Å². The van der Waals surface area contributed by atoms with Gasteiger partial charge in [0.2, 0.25) is 0 Å². The number of nitrogens with two attached hydrogens (primary N) is 1. The van der Waals surface area contributed by atoms with Crippen LogP contribution in [0.15, 0.2) is 12.4 Å². The van der Waals surface area contributed by atoms with E-state index in [1.807, 2.05) is 10.8 Å². The second-order valence-electron chi connectivity index (χ2n) is 2.83. The molecule has 1 aromatic heterocycles. The molecule has 1 rings (SSSR count). The van der Waals surface area contributed by atoms with Gasteiger partial charge in [0.15, 0.2) is 5.95 Å². The van der Waals surface area contributed by atoms with Gasteiger partial charge in [0.1, 0.15) is 0 Å². The highest BCUT2D eigenvalue weighted by Gasteiger charge is 2.04. The largest absolute Gasteiger partial charge is 0.369 e. The van der Waals surface area contributed by atoms with Gasteiger partial charge in [0.25, 0.3) is 0 Å². The van der Waals surface area contributed by atoms with Crippen LogP contribution < -0.4 is 5.73 Å². The average molecular weight is 153 g/mol. The predicted molar refractivity (Wildman–Crippen MR) is 46.3 cm³/mol. The maximum atomic E-state index is 5.62. The molecule has 1 unspecified atom stereocenters. The number of hydrogen-bond donors (Lipinski definition) is 1. The molecule has 3 heteroatoms. The van der Waals surface area contributed by atoms with Gasteiger partial charge in [-0.05, 0) is 13.3 Å². The van der Waals surface area contributed by atoms with Gasteiger partial charge in [-0.2, -0.15) is 0 Å². The predicted octanol–water partition coefficient (Wildman–Crippen LogP) is 1.83. The summed E-state index contributed by atoms with van der Waals surface area (Å²) in [6, 6.07) is 0.475. The fraction of sp³-hybridized carbons (Fsp3) is 0.625. The van der Waals surface area contributed by atoms with Crippen molar-refractivity contribution in [3.63, 3.8) is 0 Å². The standard InChI is InChI=1S/C8H15N3/c1-3-4-7(2)11-6-5-10-8(11)9/h5-7H,3-4H2,1-2H3,(H2,9,10). The Bertz CT molecular complexity index is 217. The lowest BCUT2D eigenvalue weighted by atomic mass is 10.2. The summed E-state index contributed by atoms with van der Waals surface area (Å²) in [6.07, 6.45) is 6.00. The van der Waals surface area contributed by atoms with Crippen molar-refractivity contribution in [2.75, 3.05) is 5.73 Å². The summed E-state index contributed by atoms with van der Waals surface area (Å²) < 4.78 is 2.00. The molecule has 0 aliphatic heterocycles. The normalized spacial score (nSPS) is 13.3. The molecule has 0 bridgehead atoms. The molecule has 0 aliphatic carbocycles. The number of aromatic nitrogens is 2. The van der Waals surface area contributed by atoms with E-state index in [0.29, 0.717) is 12.0 Å². The Morgan fingerprint density at radius 1 is 1.73 bits per heavy atom. The summed E-state index contributed by atoms with van der Waals surface area (Å²) in [7, 11) is 0. The first kappa shape index (κ1) is 8.11. The lowest BCUT2D eigenvalue weighted by molar-refractivity contribution is 0.506. The SMILES string of the molecule is CCCC(C)n1ccnc1N. The van der Waals surface area contributed by atoms with Gasteiger partial charge in [-0.25, -0.2) is 4.98 Å². The third-order valence-corrected chi connectivity index (χ3v) is 1.88. The summed E-state index contributed by atoms with van der Waals surface area (Å²) in [5, 5.41) is 0. The Morgan fingerprint density at radius 2 is 2.45 bits per heavy atom. The summed E-state index contributed by atoms with van der Waals surface area (Å²) >= 11 is 0. The molecule has 2 N–H and O–H groups in total. The Hall–Kier alpha value is -0.990. The number of hydrogen-bond acceptors (Lipinski definition) is 2. The monoisotopic (exact) mass is 153 g/mol. The van der Waals surface area contributed by atoms with E-state index in [4.69, 9.17) is 5.73 Å². The summed E-state index contributed by atoms with van der Waals surface area (Å²) in [5.41, 5.74) is 5.62. The van der Waals surface area contributed by atoms with Crippen LogP contribution >= 0.6 is 0 Å². The lowest BCUT2D eigenvalue weighted by Crippen LogP contribution is -2.07. The molecule has 0 radical (unpaired) electrons. The van der Waals surface area contributed by atoms with Gasteiger partial charge in [-0.15, -0.1) is 0 Å². The molecule has 0 amide bonds. The van der Waals surface area contributed by atoms with Crippen molar-refractivity contribution in [1.82, 2.24) is 9.55 Å². The van der Waals surface area contributed by atoms with Gasteiger partial charge >= 0.3 is 0 Å². The first-order valence-corrected chi connectivity index (χ1v) is 4.04. The molecule has 1 heterocycles. The van der Waals surface area contributed by atoms with Crippen molar-refractivity contribution in [2.24, 2.45) is 0 Å². The molecule has 1 aromatic rings. The number of nitrogen functional groups attached to an aromatic ring is 1. The highest BCUT2D eigenvalue weighted by Crippen LogP contribution is 2.15. The Balaban J connectivity index is 2.67. The highest BCUT2D eigenvalue weighted by atomic mass is 15.1. The Labute approximate surface area is 67.2 Å². The van der Waals surface area contributed by atoms with Crippen molar-refractivity contribution < 1.29 is 0 Å². The second kappa shape index (κ2) is 3.42. The van der Waals surface area contributed by atoms with Crippen LogP contribution in [-0.4, -0.2) is 9.55 Å². The van der Waals surface area contributed by atoms with E-state index in [-0.39, 0.29) is 0 Å². The Morgan fingerprint density at radius 3 is 2.91 bits per heavy atom. The zero-order valence-corrected chi connectivity index (χ0v) is 7.12. The molecule has 11 heavy (non-hydrogen) atoms. The zero-order chi connectivity index (χ0) is 8.27. The van der Waals surface area contributed by atoms with E-state index in [2.05, 4.69) is 18.8 Å². The average Bonchev–Trinajstić information content (AvgIpc) is 2.36. The van der Waals surface area contributed by atoms with E-state index in [1.165, 1.54) is 6.42 Å². The zero-order valence-electron chi connectivity index (χ0n) is 7.12. The minimum atomic E-state index is 0.475.